The summed E-state index contributed by atoms with van der Waals surface area (Å²) >= 11 is 0. The van der Waals surface area contributed by atoms with E-state index in [4.69, 9.17) is 0 Å². The molecule has 0 amide bonds. The van der Waals surface area contributed by atoms with Crippen LogP contribution in [0.1, 0.15) is 12.0 Å². The molecule has 0 saturated carbocycles. The van der Waals surface area contributed by atoms with E-state index in [-0.39, 0.29) is 12.7 Å². The molecule has 1 atom stereocenters. The monoisotopic (exact) mass is 367 g/mol. The van der Waals surface area contributed by atoms with Crippen LogP contribution in [0, 0.1) is 0 Å². The number of halogens is 3. The molecule has 0 fully saturated rings. The summed E-state index contributed by atoms with van der Waals surface area (Å²) < 4.78 is 41.1. The van der Waals surface area contributed by atoms with Crippen molar-refractivity contribution in [2.75, 3.05) is 10.5 Å². The predicted molar refractivity (Wildman–Crippen MR) is 109 cm³/mol. The van der Waals surface area contributed by atoms with E-state index in [1.165, 1.54) is 0 Å². The van der Waals surface area contributed by atoms with E-state index in [1.54, 1.807) is 0 Å². The Hall–Kier alpha value is -2.56. The predicted octanol–water partition coefficient (Wildman–Crippen LogP) is 6.02. The van der Waals surface area contributed by atoms with Gasteiger partial charge >= 0.3 is 14.0 Å². The Bertz CT molecular complexity index is 891. The molecular weight excluding hydrogens is 347 g/mol. The smallest absolute Gasteiger partial charge is 0.449 e. The van der Waals surface area contributed by atoms with Gasteiger partial charge in [-0.05, 0) is 29.5 Å². The van der Waals surface area contributed by atoms with E-state index < -0.39 is 19.8 Å². The van der Waals surface area contributed by atoms with Gasteiger partial charge in [0.15, 0.2) is 0 Å². The summed E-state index contributed by atoms with van der Waals surface area (Å²) in [5, 5.41) is 8.63. The van der Waals surface area contributed by atoms with Gasteiger partial charge in [-0.1, -0.05) is 73.2 Å². The van der Waals surface area contributed by atoms with E-state index in [9.17, 15) is 12.9 Å². The van der Waals surface area contributed by atoms with E-state index in [0.29, 0.717) is 6.42 Å². The number of aryl methyl sites for hydroxylation is 1. The molecule has 2 nitrogen and oxygen atoms in total. The highest BCUT2D eigenvalue weighted by Crippen LogP contribution is 2.39. The minimum Gasteiger partial charge on any atom is -0.449 e. The largest absolute Gasteiger partial charge is 0.480 e. The SMILES string of the molecule is F[B-](F)(F)C(CCc1ccccc1)CB1Nc2cccc3cccc(c23)N1. The molecule has 4 rings (SSSR count). The average Bonchev–Trinajstić information content (AvgIpc) is 2.65. The zero-order valence-electron chi connectivity index (χ0n) is 14.8. The first-order chi connectivity index (χ1) is 13.0. The molecule has 7 heteroatoms. The molecule has 0 saturated heterocycles. The fourth-order valence-corrected chi connectivity index (χ4v) is 3.87. The highest BCUT2D eigenvalue weighted by molar-refractivity contribution is 6.71. The standard InChI is InChI=1S/C20H20B2F3N2/c23-22(24,25)17(13-12-15-6-2-1-3-7-15)14-21-26-18-10-4-8-16-9-5-11-19(27-21)20(16)18/h1-11,17,26-27H,12-14H2/q-1. The van der Waals surface area contributed by atoms with Gasteiger partial charge in [-0.3, -0.25) is 0 Å². The number of rotatable bonds is 6. The van der Waals surface area contributed by atoms with E-state index in [1.807, 2.05) is 66.7 Å². The molecule has 27 heavy (non-hydrogen) atoms. The van der Waals surface area contributed by atoms with Crippen molar-refractivity contribution in [3.8, 4) is 0 Å². The molecule has 1 heterocycles. The van der Waals surface area contributed by atoms with Gasteiger partial charge in [0.1, 0.15) is 0 Å². The minimum atomic E-state index is -4.91. The first-order valence-electron chi connectivity index (χ1n) is 9.29. The van der Waals surface area contributed by atoms with Crippen LogP contribution in [0.2, 0.25) is 12.1 Å². The number of hydrogen-bond acceptors (Lipinski definition) is 2. The molecule has 1 aliphatic rings. The zero-order chi connectivity index (χ0) is 18.9. The van der Waals surface area contributed by atoms with Crippen LogP contribution >= 0.6 is 0 Å². The lowest BCUT2D eigenvalue weighted by Crippen LogP contribution is -2.41. The van der Waals surface area contributed by atoms with Crippen LogP contribution in [-0.4, -0.2) is 14.0 Å². The van der Waals surface area contributed by atoms with Crippen LogP contribution in [0.15, 0.2) is 66.7 Å². The number of anilines is 2. The Kier molecular flexibility index (Phi) is 4.77. The fraction of sp³-hybridized carbons (Fsp3) is 0.200. The molecule has 0 bridgehead atoms. The summed E-state index contributed by atoms with van der Waals surface area (Å²) in [6.45, 7) is -5.35. The van der Waals surface area contributed by atoms with Crippen molar-refractivity contribution in [3.05, 3.63) is 72.3 Å². The molecular formula is C20H20B2F3N2-. The maximum Gasteiger partial charge on any atom is 0.480 e. The van der Waals surface area contributed by atoms with Gasteiger partial charge in [0.2, 0.25) is 0 Å². The van der Waals surface area contributed by atoms with Crippen LogP contribution < -0.4 is 10.5 Å². The second-order valence-electron chi connectivity index (χ2n) is 7.20. The van der Waals surface area contributed by atoms with Crippen LogP contribution in [0.4, 0.5) is 24.3 Å². The van der Waals surface area contributed by atoms with Gasteiger partial charge in [0.25, 0.3) is 0 Å². The van der Waals surface area contributed by atoms with Gasteiger partial charge in [-0.15, -0.1) is 0 Å². The van der Waals surface area contributed by atoms with E-state index in [0.717, 1.165) is 27.7 Å². The topological polar surface area (TPSA) is 24.1 Å². The van der Waals surface area contributed by atoms with Gasteiger partial charge in [0, 0.05) is 16.8 Å². The third-order valence-corrected chi connectivity index (χ3v) is 5.28. The Morgan fingerprint density at radius 1 is 0.815 bits per heavy atom. The quantitative estimate of drug-likeness (QED) is 0.521. The van der Waals surface area contributed by atoms with Gasteiger partial charge in [-0.25, -0.2) is 0 Å². The molecule has 0 aromatic heterocycles. The Morgan fingerprint density at radius 2 is 1.44 bits per heavy atom. The highest BCUT2D eigenvalue weighted by atomic mass is 19.4. The van der Waals surface area contributed by atoms with Crippen molar-refractivity contribution < 1.29 is 12.9 Å². The molecule has 2 N–H and O–H groups in total. The zero-order valence-corrected chi connectivity index (χ0v) is 14.8. The molecule has 0 aliphatic carbocycles. The molecule has 138 valence electrons. The third kappa shape index (κ3) is 3.92. The number of hydrogen-bond donors (Lipinski definition) is 2. The second kappa shape index (κ2) is 7.22. The lowest BCUT2D eigenvalue weighted by atomic mass is 9.55. The second-order valence-corrected chi connectivity index (χ2v) is 7.20. The van der Waals surface area contributed by atoms with Crippen LogP contribution in [-0.2, 0) is 6.42 Å². The maximum absolute atomic E-state index is 13.7. The Labute approximate surface area is 157 Å². The maximum atomic E-state index is 13.7. The van der Waals surface area contributed by atoms with Crippen molar-refractivity contribution in [2.45, 2.75) is 25.0 Å². The van der Waals surface area contributed by atoms with Crippen LogP contribution in [0.3, 0.4) is 0 Å². The number of benzene rings is 3. The van der Waals surface area contributed by atoms with Crippen LogP contribution in [0.5, 0.6) is 0 Å². The van der Waals surface area contributed by atoms with Gasteiger partial charge < -0.3 is 23.4 Å². The third-order valence-electron chi connectivity index (χ3n) is 5.28. The van der Waals surface area contributed by atoms with Gasteiger partial charge in [-0.2, -0.15) is 0 Å². The van der Waals surface area contributed by atoms with Gasteiger partial charge in [0.05, 0.1) is 0 Å². The Morgan fingerprint density at radius 3 is 2.04 bits per heavy atom. The lowest BCUT2D eigenvalue weighted by Gasteiger charge is -2.33. The van der Waals surface area contributed by atoms with E-state index in [2.05, 4.69) is 10.5 Å². The molecule has 3 aromatic rings. The molecule has 1 aliphatic heterocycles. The summed E-state index contributed by atoms with van der Waals surface area (Å²) in [6, 6.07) is 21.1. The fourth-order valence-electron chi connectivity index (χ4n) is 3.87. The summed E-state index contributed by atoms with van der Waals surface area (Å²) in [5.74, 6) is -1.31. The van der Waals surface area contributed by atoms with E-state index >= 15 is 0 Å². The van der Waals surface area contributed by atoms with Crippen LogP contribution in [0.25, 0.3) is 10.8 Å². The van der Waals surface area contributed by atoms with Crippen molar-refractivity contribution in [2.24, 2.45) is 0 Å². The average molecular weight is 367 g/mol. The van der Waals surface area contributed by atoms with Crippen molar-refractivity contribution in [1.29, 1.82) is 0 Å². The molecule has 0 radical (unpaired) electrons. The van der Waals surface area contributed by atoms with Crippen molar-refractivity contribution in [3.63, 3.8) is 0 Å². The minimum absolute atomic E-state index is 0.0149. The summed E-state index contributed by atoms with van der Waals surface area (Å²) in [7, 11) is 0. The first kappa shape index (κ1) is 17.8. The Balaban J connectivity index is 1.50. The molecule has 3 aromatic carbocycles. The van der Waals surface area contributed by atoms with Crippen molar-refractivity contribution >= 4 is 36.1 Å². The van der Waals surface area contributed by atoms with Crippen molar-refractivity contribution in [1.82, 2.24) is 0 Å². The summed E-state index contributed by atoms with van der Waals surface area (Å²) in [5.41, 5.74) is 2.73. The highest BCUT2D eigenvalue weighted by Gasteiger charge is 2.38. The number of nitrogens with one attached hydrogen (secondary N) is 2. The normalized spacial score (nSPS) is 14.6. The first-order valence-corrected chi connectivity index (χ1v) is 9.29. The molecule has 1 unspecified atom stereocenters. The molecule has 0 spiro atoms. The summed E-state index contributed by atoms with van der Waals surface area (Å²) in [4.78, 5) is 0. The summed E-state index contributed by atoms with van der Waals surface area (Å²) in [6.07, 6.45) is 0.561. The lowest BCUT2D eigenvalue weighted by molar-refractivity contribution is 0.430.